The molecule has 0 amide bonds. The van der Waals surface area contributed by atoms with Gasteiger partial charge >= 0.3 is 0 Å². The van der Waals surface area contributed by atoms with Crippen LogP contribution in [0.1, 0.15) is 18.2 Å². The van der Waals surface area contributed by atoms with Gasteiger partial charge in [-0.05, 0) is 6.42 Å². The molecule has 3 heteroatoms. The third-order valence-electron chi connectivity index (χ3n) is 1.48. The van der Waals surface area contributed by atoms with Crippen molar-refractivity contribution in [3.05, 3.63) is 18.4 Å². The summed E-state index contributed by atoms with van der Waals surface area (Å²) in [4.78, 5) is 4.06. The Morgan fingerprint density at radius 3 is 3.00 bits per heavy atom. The van der Waals surface area contributed by atoms with Gasteiger partial charge in [-0.2, -0.15) is 0 Å². The Hall–Kier alpha value is -0.0600. The molecule has 1 aromatic rings. The number of hydrogen-bond donors (Lipinski definition) is 0. The van der Waals surface area contributed by atoms with E-state index in [-0.39, 0.29) is 0 Å². The van der Waals surface area contributed by atoms with Gasteiger partial charge in [0.15, 0.2) is 5.89 Å². The number of rotatable bonds is 1. The van der Waals surface area contributed by atoms with E-state index in [2.05, 4.69) is 27.6 Å². The van der Waals surface area contributed by atoms with Crippen LogP contribution in [0, 0.1) is 0 Å². The first kappa shape index (κ1) is 5.70. The summed E-state index contributed by atoms with van der Waals surface area (Å²) in [6.07, 6.45) is 4.58. The fraction of sp³-hybridized carbons (Fsp3) is 0.500. The van der Waals surface area contributed by atoms with Crippen molar-refractivity contribution >= 4 is 22.6 Å². The molecule has 1 aliphatic carbocycles. The van der Waals surface area contributed by atoms with Gasteiger partial charge in [0, 0.05) is 9.84 Å². The van der Waals surface area contributed by atoms with Crippen LogP contribution in [-0.2, 0) is 0 Å². The lowest BCUT2D eigenvalue weighted by Gasteiger charge is -1.83. The maximum atomic E-state index is 5.11. The molecular weight excluding hydrogens is 229 g/mol. The molecule has 1 heterocycles. The van der Waals surface area contributed by atoms with Gasteiger partial charge in [-0.1, -0.05) is 22.6 Å². The summed E-state index contributed by atoms with van der Waals surface area (Å²) in [6.45, 7) is 0. The Labute approximate surface area is 66.8 Å². The SMILES string of the molecule is I[C@@H]1C[C@H]1c1ncco1. The fourth-order valence-corrected chi connectivity index (χ4v) is 1.69. The second-order valence-corrected chi connectivity index (χ2v) is 3.83. The average molecular weight is 235 g/mol. The third-order valence-corrected chi connectivity index (χ3v) is 2.86. The predicted molar refractivity (Wildman–Crippen MR) is 41.7 cm³/mol. The van der Waals surface area contributed by atoms with Crippen molar-refractivity contribution in [3.8, 4) is 0 Å². The minimum Gasteiger partial charge on any atom is -0.449 e. The van der Waals surface area contributed by atoms with Gasteiger partial charge in [0.05, 0.1) is 6.20 Å². The van der Waals surface area contributed by atoms with Gasteiger partial charge in [0.2, 0.25) is 0 Å². The van der Waals surface area contributed by atoms with E-state index in [1.165, 1.54) is 6.42 Å². The molecule has 0 aromatic carbocycles. The van der Waals surface area contributed by atoms with Crippen molar-refractivity contribution in [1.29, 1.82) is 0 Å². The Morgan fingerprint density at radius 1 is 1.78 bits per heavy atom. The monoisotopic (exact) mass is 235 g/mol. The van der Waals surface area contributed by atoms with Crippen molar-refractivity contribution in [2.24, 2.45) is 0 Å². The minimum atomic E-state index is 0.612. The molecule has 2 nitrogen and oxygen atoms in total. The van der Waals surface area contributed by atoms with Crippen molar-refractivity contribution < 1.29 is 4.42 Å². The number of alkyl halides is 1. The van der Waals surface area contributed by atoms with E-state index in [0.29, 0.717) is 5.92 Å². The number of aromatic nitrogens is 1. The normalized spacial score (nSPS) is 32.6. The Morgan fingerprint density at radius 2 is 2.56 bits per heavy atom. The number of halogens is 1. The van der Waals surface area contributed by atoms with E-state index in [1.807, 2.05) is 0 Å². The number of hydrogen-bond acceptors (Lipinski definition) is 2. The van der Waals surface area contributed by atoms with Crippen LogP contribution in [0.2, 0.25) is 0 Å². The molecule has 0 aliphatic heterocycles. The van der Waals surface area contributed by atoms with Crippen molar-refractivity contribution in [1.82, 2.24) is 4.98 Å². The average Bonchev–Trinajstić information content (AvgIpc) is 2.44. The zero-order valence-electron chi connectivity index (χ0n) is 4.75. The minimum absolute atomic E-state index is 0.612. The first-order valence-electron chi connectivity index (χ1n) is 2.91. The van der Waals surface area contributed by atoms with Crippen molar-refractivity contribution in [3.63, 3.8) is 0 Å². The van der Waals surface area contributed by atoms with Gasteiger partial charge in [-0.3, -0.25) is 0 Å². The van der Waals surface area contributed by atoms with Crippen LogP contribution in [0.4, 0.5) is 0 Å². The van der Waals surface area contributed by atoms with Crippen LogP contribution in [0.15, 0.2) is 16.9 Å². The van der Waals surface area contributed by atoms with E-state index in [9.17, 15) is 0 Å². The first-order valence-corrected chi connectivity index (χ1v) is 4.16. The summed E-state index contributed by atoms with van der Waals surface area (Å²) in [5.41, 5.74) is 0. The Kier molecular flexibility index (Phi) is 1.25. The van der Waals surface area contributed by atoms with Crippen LogP contribution in [-0.4, -0.2) is 8.91 Å². The van der Waals surface area contributed by atoms with Crippen LogP contribution in [0.5, 0.6) is 0 Å². The lowest BCUT2D eigenvalue weighted by atomic mass is 10.4. The molecule has 2 atom stereocenters. The summed E-state index contributed by atoms with van der Waals surface area (Å²) in [7, 11) is 0. The second-order valence-electron chi connectivity index (χ2n) is 2.23. The van der Waals surface area contributed by atoms with Crippen molar-refractivity contribution in [2.75, 3.05) is 0 Å². The zero-order valence-corrected chi connectivity index (χ0v) is 6.91. The van der Waals surface area contributed by atoms with Crippen LogP contribution < -0.4 is 0 Å². The molecule has 0 unspecified atom stereocenters. The first-order chi connectivity index (χ1) is 4.38. The highest BCUT2D eigenvalue weighted by atomic mass is 127. The van der Waals surface area contributed by atoms with Gasteiger partial charge in [0.1, 0.15) is 6.26 Å². The Balaban J connectivity index is 2.18. The second kappa shape index (κ2) is 1.97. The van der Waals surface area contributed by atoms with Crippen LogP contribution in [0.25, 0.3) is 0 Å². The molecular formula is C6H6INO. The van der Waals surface area contributed by atoms with E-state index < -0.39 is 0 Å². The summed E-state index contributed by atoms with van der Waals surface area (Å²) in [6, 6.07) is 0. The lowest BCUT2D eigenvalue weighted by molar-refractivity contribution is 0.498. The van der Waals surface area contributed by atoms with Crippen molar-refractivity contribution in [2.45, 2.75) is 16.3 Å². The van der Waals surface area contributed by atoms with E-state index in [0.717, 1.165) is 9.82 Å². The van der Waals surface area contributed by atoms with Gasteiger partial charge in [-0.15, -0.1) is 0 Å². The standard InChI is InChI=1S/C6H6INO/c7-5-3-4(5)6-8-1-2-9-6/h1-2,4-5H,3H2/t4-,5-/m1/s1. The maximum Gasteiger partial charge on any atom is 0.198 e. The van der Waals surface area contributed by atoms with Crippen LogP contribution in [0.3, 0.4) is 0 Å². The molecule has 1 fully saturated rings. The van der Waals surface area contributed by atoms with Gasteiger partial charge < -0.3 is 4.42 Å². The molecule has 1 aromatic heterocycles. The van der Waals surface area contributed by atoms with Gasteiger partial charge in [-0.25, -0.2) is 4.98 Å². The molecule has 0 N–H and O–H groups in total. The highest BCUT2D eigenvalue weighted by molar-refractivity contribution is 14.1. The molecule has 9 heavy (non-hydrogen) atoms. The summed E-state index contributed by atoms with van der Waals surface area (Å²) >= 11 is 2.42. The van der Waals surface area contributed by atoms with Crippen LogP contribution >= 0.6 is 22.6 Å². The quantitative estimate of drug-likeness (QED) is 0.549. The van der Waals surface area contributed by atoms with E-state index in [1.54, 1.807) is 12.5 Å². The zero-order chi connectivity index (χ0) is 6.27. The lowest BCUT2D eigenvalue weighted by Crippen LogP contribution is -1.78. The summed E-state index contributed by atoms with van der Waals surface area (Å²) < 4.78 is 5.88. The largest absolute Gasteiger partial charge is 0.449 e. The molecule has 0 radical (unpaired) electrons. The number of nitrogens with zero attached hydrogens (tertiary/aromatic N) is 1. The molecule has 0 bridgehead atoms. The molecule has 1 aliphatic rings. The smallest absolute Gasteiger partial charge is 0.198 e. The van der Waals surface area contributed by atoms with E-state index in [4.69, 9.17) is 4.42 Å². The third kappa shape index (κ3) is 0.976. The fourth-order valence-electron chi connectivity index (χ4n) is 0.837. The topological polar surface area (TPSA) is 26.0 Å². The maximum absolute atomic E-state index is 5.11. The molecule has 48 valence electrons. The Bertz CT molecular complexity index is 197. The highest BCUT2D eigenvalue weighted by Gasteiger charge is 2.39. The highest BCUT2D eigenvalue weighted by Crippen LogP contribution is 2.45. The summed E-state index contributed by atoms with van der Waals surface area (Å²) in [5.74, 6) is 1.52. The molecule has 2 rings (SSSR count). The van der Waals surface area contributed by atoms with Gasteiger partial charge in [0.25, 0.3) is 0 Å². The molecule has 0 spiro atoms. The predicted octanol–water partition coefficient (Wildman–Crippen LogP) is 1.97. The molecule has 1 saturated carbocycles. The summed E-state index contributed by atoms with van der Waals surface area (Å²) in [5, 5.41) is 0. The molecule has 0 saturated heterocycles. The number of oxazole rings is 1. The van der Waals surface area contributed by atoms with E-state index >= 15 is 0 Å².